The summed E-state index contributed by atoms with van der Waals surface area (Å²) in [4.78, 5) is 0. The number of halogens is 2. The quantitative estimate of drug-likeness (QED) is 0.207. The Morgan fingerprint density at radius 3 is 1.29 bits per heavy atom. The molecule has 4 rings (SSSR count). The second-order valence-electron chi connectivity index (χ2n) is 10.7. The van der Waals surface area contributed by atoms with Gasteiger partial charge in [-0.25, -0.2) is 0 Å². The van der Waals surface area contributed by atoms with E-state index in [0.717, 1.165) is 11.8 Å². The van der Waals surface area contributed by atoms with Gasteiger partial charge in [-0.1, -0.05) is 0 Å². The van der Waals surface area contributed by atoms with E-state index in [1.54, 1.807) is 11.1 Å². The van der Waals surface area contributed by atoms with Gasteiger partial charge in [0.1, 0.15) is 0 Å². The zero-order valence-electron chi connectivity index (χ0n) is 23.8. The summed E-state index contributed by atoms with van der Waals surface area (Å²) in [6, 6.07) is 23.0. The third-order valence-corrected chi connectivity index (χ3v) is 17.4. The van der Waals surface area contributed by atoms with Crippen LogP contribution in [-0.4, -0.2) is 0 Å². The summed E-state index contributed by atoms with van der Waals surface area (Å²) in [6.07, 6.45) is 20.0. The Kier molecular flexibility index (Phi) is 14.7. The van der Waals surface area contributed by atoms with Crippen LogP contribution >= 0.6 is 24.8 Å². The summed E-state index contributed by atoms with van der Waals surface area (Å²) < 4.78 is 4.29. The van der Waals surface area contributed by atoms with Crippen molar-refractivity contribution in [2.45, 2.75) is 82.7 Å². The number of hydrogen-bond acceptors (Lipinski definition) is 0. The van der Waals surface area contributed by atoms with Gasteiger partial charge in [0.15, 0.2) is 0 Å². The standard InChI is InChI=1S/C13H11.2C11H17.2ClH.Zr/c1-3-7-12(8-4-1)11-13-9-5-2-6-10-13;2*1-3-10(4-2)9-11-7-5-6-8-11;;;/h1-11H;2*5,7,10H,3-4,6,9H2,1-2H3;2*1H;. The molecule has 0 heterocycles. The van der Waals surface area contributed by atoms with Crippen molar-refractivity contribution in [3.05, 3.63) is 114 Å². The van der Waals surface area contributed by atoms with Crippen LogP contribution in [0.2, 0.25) is 0 Å². The van der Waals surface area contributed by atoms with E-state index >= 15 is 0 Å². The molecular formula is C35H47Cl2Zr. The summed E-state index contributed by atoms with van der Waals surface area (Å²) in [5.41, 5.74) is 6.47. The predicted octanol–water partition coefficient (Wildman–Crippen LogP) is 11.3. The third-order valence-electron chi connectivity index (χ3n) is 8.59. The molecule has 0 saturated carbocycles. The molecule has 0 fully saturated rings. The maximum atomic E-state index is 2.52. The minimum Gasteiger partial charge on any atom is -0.147 e. The number of rotatable bonds is 13. The SMILES string of the molecule is CCC(CC)CC1=[C]([Zr]([C]2=C(CC(CC)CC)C=CC2)[CH](c2ccccc2)c2ccccc2)CC=C1.Cl.Cl. The minimum absolute atomic E-state index is 0. The average Bonchev–Trinajstić information content (AvgIpc) is 3.59. The van der Waals surface area contributed by atoms with Gasteiger partial charge in [0.05, 0.1) is 0 Å². The zero-order chi connectivity index (χ0) is 25.3. The molecule has 0 bridgehead atoms. The molecule has 2 aromatic rings. The van der Waals surface area contributed by atoms with Gasteiger partial charge >= 0.3 is 230 Å². The van der Waals surface area contributed by atoms with Crippen LogP contribution in [0.5, 0.6) is 0 Å². The summed E-state index contributed by atoms with van der Waals surface area (Å²) in [6.45, 7) is 9.50. The summed E-state index contributed by atoms with van der Waals surface area (Å²) >= 11 is -2.37. The van der Waals surface area contributed by atoms with Crippen LogP contribution in [0, 0.1) is 11.8 Å². The van der Waals surface area contributed by atoms with Gasteiger partial charge in [-0.2, -0.15) is 0 Å². The van der Waals surface area contributed by atoms with Crippen molar-refractivity contribution >= 4 is 24.8 Å². The minimum atomic E-state index is -2.37. The molecule has 205 valence electrons. The van der Waals surface area contributed by atoms with Crippen LogP contribution in [0.4, 0.5) is 0 Å². The molecule has 3 heteroatoms. The predicted molar refractivity (Wildman–Crippen MR) is 168 cm³/mol. The van der Waals surface area contributed by atoms with Crippen LogP contribution in [0.15, 0.2) is 103 Å². The molecule has 0 radical (unpaired) electrons. The Morgan fingerprint density at radius 2 is 0.947 bits per heavy atom. The van der Waals surface area contributed by atoms with Crippen molar-refractivity contribution in [2.24, 2.45) is 11.8 Å². The first-order chi connectivity index (χ1) is 17.7. The molecule has 2 aliphatic rings. The fraction of sp³-hybridized carbons (Fsp3) is 0.429. The van der Waals surface area contributed by atoms with Gasteiger partial charge in [0.2, 0.25) is 0 Å². The molecule has 2 aromatic carbocycles. The second-order valence-corrected chi connectivity index (χ2v) is 17.1. The smallest absolute Gasteiger partial charge is 0.147 e. The monoisotopic (exact) mass is 627 g/mol. The van der Waals surface area contributed by atoms with E-state index in [0.29, 0.717) is 3.63 Å². The summed E-state index contributed by atoms with van der Waals surface area (Å²) in [5, 5.41) is 0. The van der Waals surface area contributed by atoms with Crippen molar-refractivity contribution < 1.29 is 21.8 Å². The van der Waals surface area contributed by atoms with Crippen molar-refractivity contribution in [1.29, 1.82) is 0 Å². The van der Waals surface area contributed by atoms with Gasteiger partial charge in [-0.15, -0.1) is 24.8 Å². The van der Waals surface area contributed by atoms with E-state index in [9.17, 15) is 0 Å². The second kappa shape index (κ2) is 16.8. The van der Waals surface area contributed by atoms with Gasteiger partial charge < -0.3 is 0 Å². The molecule has 0 aliphatic heterocycles. The largest absolute Gasteiger partial charge is 0.147 e. The molecule has 2 aliphatic carbocycles. The maximum absolute atomic E-state index is 2.52. The Labute approximate surface area is 253 Å². The van der Waals surface area contributed by atoms with Crippen molar-refractivity contribution in [3.63, 3.8) is 0 Å². The van der Waals surface area contributed by atoms with Crippen molar-refractivity contribution in [1.82, 2.24) is 0 Å². The fourth-order valence-corrected chi connectivity index (χ4v) is 15.6. The van der Waals surface area contributed by atoms with Crippen LogP contribution in [0.3, 0.4) is 0 Å². The molecule has 0 aromatic heterocycles. The molecule has 38 heavy (non-hydrogen) atoms. The van der Waals surface area contributed by atoms with Crippen LogP contribution in [0.25, 0.3) is 0 Å². The Hall–Kier alpha value is -1.14. The Bertz CT molecular complexity index is 1000. The first-order valence-corrected chi connectivity index (χ1v) is 18.3. The van der Waals surface area contributed by atoms with E-state index in [1.807, 2.05) is 6.56 Å². The van der Waals surface area contributed by atoms with Gasteiger partial charge in [0, 0.05) is 0 Å². The first-order valence-electron chi connectivity index (χ1n) is 14.4. The van der Waals surface area contributed by atoms with E-state index in [2.05, 4.69) is 113 Å². The normalized spacial score (nSPS) is 14.6. The molecule has 0 nitrogen and oxygen atoms in total. The van der Waals surface area contributed by atoms with Crippen LogP contribution in [-0.2, 0) is 21.8 Å². The van der Waals surface area contributed by atoms with E-state index in [1.165, 1.54) is 62.5 Å². The number of hydrogen-bond donors (Lipinski definition) is 0. The van der Waals surface area contributed by atoms with Gasteiger partial charge in [-0.3, -0.25) is 0 Å². The third kappa shape index (κ3) is 7.96. The first kappa shape index (κ1) is 33.1. The number of benzene rings is 2. The van der Waals surface area contributed by atoms with E-state index < -0.39 is 21.8 Å². The van der Waals surface area contributed by atoms with Crippen molar-refractivity contribution in [2.75, 3.05) is 0 Å². The summed E-state index contributed by atoms with van der Waals surface area (Å²) in [5.74, 6) is 1.60. The molecule has 0 spiro atoms. The zero-order valence-corrected chi connectivity index (χ0v) is 27.9. The van der Waals surface area contributed by atoms with E-state index in [4.69, 9.17) is 0 Å². The molecule has 0 saturated heterocycles. The van der Waals surface area contributed by atoms with Gasteiger partial charge in [0.25, 0.3) is 0 Å². The Balaban J connectivity index is 0.00000253. The van der Waals surface area contributed by atoms with Gasteiger partial charge in [-0.05, 0) is 0 Å². The van der Waals surface area contributed by atoms with Crippen LogP contribution in [0.1, 0.15) is 93.8 Å². The average molecular weight is 630 g/mol. The van der Waals surface area contributed by atoms with E-state index in [-0.39, 0.29) is 24.8 Å². The molecule has 0 amide bonds. The van der Waals surface area contributed by atoms with Crippen LogP contribution < -0.4 is 0 Å². The topological polar surface area (TPSA) is 0 Å². The number of allylic oxidation sites excluding steroid dienone is 8. The van der Waals surface area contributed by atoms with Crippen molar-refractivity contribution in [3.8, 4) is 0 Å². The molecule has 0 unspecified atom stereocenters. The fourth-order valence-electron chi connectivity index (χ4n) is 6.17. The molecule has 0 atom stereocenters. The maximum Gasteiger partial charge on any atom is -0.147 e. The Morgan fingerprint density at radius 1 is 0.579 bits per heavy atom. The summed E-state index contributed by atoms with van der Waals surface area (Å²) in [7, 11) is 0. The molecule has 0 N–H and O–H groups in total. The molecular weight excluding hydrogens is 583 g/mol.